The summed E-state index contributed by atoms with van der Waals surface area (Å²) < 4.78 is 13.9. The minimum absolute atomic E-state index is 0.162. The number of anilines is 1. The summed E-state index contributed by atoms with van der Waals surface area (Å²) in [7, 11) is 0. The van der Waals surface area contributed by atoms with Crippen molar-refractivity contribution in [3.63, 3.8) is 0 Å². The molecule has 1 aromatic carbocycles. The van der Waals surface area contributed by atoms with Crippen molar-refractivity contribution in [3.05, 3.63) is 29.6 Å². The Morgan fingerprint density at radius 1 is 1.53 bits per heavy atom. The number of halogens is 1. The number of aliphatic hydroxyl groups excluding tert-OH is 1. The summed E-state index contributed by atoms with van der Waals surface area (Å²) >= 11 is 0. The van der Waals surface area contributed by atoms with Gasteiger partial charge in [0.1, 0.15) is 5.82 Å². The molecule has 0 bridgehead atoms. The van der Waals surface area contributed by atoms with E-state index in [-0.39, 0.29) is 18.0 Å². The van der Waals surface area contributed by atoms with Crippen molar-refractivity contribution < 1.29 is 9.50 Å². The Morgan fingerprint density at radius 3 is 2.88 bits per heavy atom. The molecule has 0 spiro atoms. The number of rotatable bonds is 2. The molecule has 1 heterocycles. The van der Waals surface area contributed by atoms with Gasteiger partial charge in [-0.15, -0.1) is 0 Å². The molecule has 3 N–H and O–H groups in total. The van der Waals surface area contributed by atoms with Crippen LogP contribution in [0.15, 0.2) is 18.2 Å². The summed E-state index contributed by atoms with van der Waals surface area (Å²) in [5, 5.41) is 9.59. The molecule has 0 amide bonds. The maximum absolute atomic E-state index is 13.9. The molecule has 0 radical (unpaired) electrons. The Balaban J connectivity index is 2.21. The van der Waals surface area contributed by atoms with Gasteiger partial charge in [0.05, 0.1) is 11.8 Å². The monoisotopic (exact) mass is 238 g/mol. The summed E-state index contributed by atoms with van der Waals surface area (Å²) in [6, 6.07) is 4.93. The minimum Gasteiger partial charge on any atom is -0.391 e. The first-order valence-electron chi connectivity index (χ1n) is 6.06. The highest BCUT2D eigenvalue weighted by molar-refractivity contribution is 5.50. The highest BCUT2D eigenvalue weighted by Gasteiger charge is 2.20. The second-order valence-corrected chi connectivity index (χ2v) is 4.74. The Morgan fingerprint density at radius 2 is 2.29 bits per heavy atom. The SMILES string of the molecule is C[C@H](N)c1ccc(N2CCCC(O)C2)c(F)c1. The number of piperidine rings is 1. The summed E-state index contributed by atoms with van der Waals surface area (Å²) in [5.74, 6) is -0.256. The molecule has 1 saturated heterocycles. The predicted molar refractivity (Wildman–Crippen MR) is 66.5 cm³/mol. The van der Waals surface area contributed by atoms with Crippen LogP contribution in [0.2, 0.25) is 0 Å². The van der Waals surface area contributed by atoms with Gasteiger partial charge in [-0.2, -0.15) is 0 Å². The fourth-order valence-corrected chi connectivity index (χ4v) is 2.24. The molecule has 1 fully saturated rings. The van der Waals surface area contributed by atoms with Gasteiger partial charge in [-0.05, 0) is 37.5 Å². The van der Waals surface area contributed by atoms with Crippen LogP contribution in [0.3, 0.4) is 0 Å². The van der Waals surface area contributed by atoms with E-state index >= 15 is 0 Å². The summed E-state index contributed by atoms with van der Waals surface area (Å²) in [5.41, 5.74) is 7.07. The van der Waals surface area contributed by atoms with Crippen molar-refractivity contribution >= 4 is 5.69 Å². The first-order chi connectivity index (χ1) is 8.08. The van der Waals surface area contributed by atoms with Crippen molar-refractivity contribution in [2.75, 3.05) is 18.0 Å². The van der Waals surface area contributed by atoms with Gasteiger partial charge in [0, 0.05) is 19.1 Å². The Labute approximate surface area is 101 Å². The molecule has 1 aliphatic rings. The topological polar surface area (TPSA) is 49.5 Å². The number of nitrogens with zero attached hydrogens (tertiary/aromatic N) is 1. The van der Waals surface area contributed by atoms with E-state index in [1.807, 2.05) is 17.9 Å². The molecule has 2 atom stereocenters. The van der Waals surface area contributed by atoms with Crippen molar-refractivity contribution in [2.45, 2.75) is 31.9 Å². The van der Waals surface area contributed by atoms with Gasteiger partial charge in [-0.1, -0.05) is 6.07 Å². The first-order valence-corrected chi connectivity index (χ1v) is 6.06. The van der Waals surface area contributed by atoms with Crippen molar-refractivity contribution in [1.82, 2.24) is 0 Å². The number of benzene rings is 1. The zero-order chi connectivity index (χ0) is 12.4. The lowest BCUT2D eigenvalue weighted by atomic mass is 10.0. The number of hydrogen-bond donors (Lipinski definition) is 2. The molecule has 94 valence electrons. The van der Waals surface area contributed by atoms with Gasteiger partial charge in [-0.3, -0.25) is 0 Å². The van der Waals surface area contributed by atoms with E-state index in [1.165, 1.54) is 6.07 Å². The highest BCUT2D eigenvalue weighted by atomic mass is 19.1. The molecule has 0 aromatic heterocycles. The van der Waals surface area contributed by atoms with Crippen LogP contribution in [-0.4, -0.2) is 24.3 Å². The van der Waals surface area contributed by atoms with Gasteiger partial charge in [-0.25, -0.2) is 4.39 Å². The van der Waals surface area contributed by atoms with Crippen LogP contribution in [0.5, 0.6) is 0 Å². The van der Waals surface area contributed by atoms with Crippen LogP contribution < -0.4 is 10.6 Å². The van der Waals surface area contributed by atoms with E-state index in [2.05, 4.69) is 0 Å². The lowest BCUT2D eigenvalue weighted by Gasteiger charge is -2.32. The molecular weight excluding hydrogens is 219 g/mol. The third-order valence-corrected chi connectivity index (χ3v) is 3.23. The normalized spacial score (nSPS) is 22.6. The van der Waals surface area contributed by atoms with Crippen molar-refractivity contribution in [2.24, 2.45) is 5.73 Å². The lowest BCUT2D eigenvalue weighted by molar-refractivity contribution is 0.154. The number of β-amino-alcohol motifs (C(OH)–C–C–N with tert-alkyl or cyclic N) is 1. The standard InChI is InChI=1S/C13H19FN2O/c1-9(15)10-4-5-13(12(14)7-10)16-6-2-3-11(17)8-16/h4-5,7,9,11,17H,2-3,6,8,15H2,1H3/t9-,11?/m0/s1. The Hall–Kier alpha value is -1.13. The lowest BCUT2D eigenvalue weighted by Crippen LogP contribution is -2.38. The summed E-state index contributed by atoms with van der Waals surface area (Å²) in [6.07, 6.45) is 1.35. The van der Waals surface area contributed by atoms with Crippen LogP contribution in [0.4, 0.5) is 10.1 Å². The smallest absolute Gasteiger partial charge is 0.146 e. The van der Waals surface area contributed by atoms with Crippen LogP contribution in [-0.2, 0) is 0 Å². The van der Waals surface area contributed by atoms with Crippen LogP contribution >= 0.6 is 0 Å². The average molecular weight is 238 g/mol. The predicted octanol–water partition coefficient (Wildman–Crippen LogP) is 1.81. The molecule has 4 heteroatoms. The van der Waals surface area contributed by atoms with E-state index in [0.717, 1.165) is 24.9 Å². The molecule has 1 aliphatic heterocycles. The van der Waals surface area contributed by atoms with Gasteiger partial charge in [0.2, 0.25) is 0 Å². The molecule has 17 heavy (non-hydrogen) atoms. The molecule has 0 aliphatic carbocycles. The van der Waals surface area contributed by atoms with E-state index in [0.29, 0.717) is 12.2 Å². The molecule has 0 saturated carbocycles. The largest absolute Gasteiger partial charge is 0.391 e. The quantitative estimate of drug-likeness (QED) is 0.826. The van der Waals surface area contributed by atoms with Gasteiger partial charge < -0.3 is 15.7 Å². The number of nitrogens with two attached hydrogens (primary N) is 1. The zero-order valence-electron chi connectivity index (χ0n) is 10.1. The Bertz CT molecular complexity index is 395. The van der Waals surface area contributed by atoms with Crippen molar-refractivity contribution in [1.29, 1.82) is 0 Å². The number of hydrogen-bond acceptors (Lipinski definition) is 3. The summed E-state index contributed by atoms with van der Waals surface area (Å²) in [6.45, 7) is 3.14. The fraction of sp³-hybridized carbons (Fsp3) is 0.538. The molecule has 1 unspecified atom stereocenters. The van der Waals surface area contributed by atoms with Gasteiger partial charge >= 0.3 is 0 Å². The maximum atomic E-state index is 13.9. The summed E-state index contributed by atoms with van der Waals surface area (Å²) in [4.78, 5) is 1.90. The van der Waals surface area contributed by atoms with E-state index in [1.54, 1.807) is 6.07 Å². The van der Waals surface area contributed by atoms with E-state index < -0.39 is 0 Å². The van der Waals surface area contributed by atoms with E-state index in [9.17, 15) is 9.50 Å². The molecule has 3 nitrogen and oxygen atoms in total. The second kappa shape index (κ2) is 5.02. The van der Waals surface area contributed by atoms with E-state index in [4.69, 9.17) is 5.73 Å². The third-order valence-electron chi connectivity index (χ3n) is 3.23. The van der Waals surface area contributed by atoms with Gasteiger partial charge in [0.15, 0.2) is 0 Å². The Kier molecular flexibility index (Phi) is 3.64. The molecule has 1 aromatic rings. The van der Waals surface area contributed by atoms with Crippen LogP contribution in [0, 0.1) is 5.82 Å². The van der Waals surface area contributed by atoms with Crippen molar-refractivity contribution in [3.8, 4) is 0 Å². The highest BCUT2D eigenvalue weighted by Crippen LogP contribution is 2.25. The number of aliphatic hydroxyl groups is 1. The zero-order valence-corrected chi connectivity index (χ0v) is 10.1. The fourth-order valence-electron chi connectivity index (χ4n) is 2.24. The third kappa shape index (κ3) is 2.76. The van der Waals surface area contributed by atoms with Crippen LogP contribution in [0.25, 0.3) is 0 Å². The molecule has 2 rings (SSSR count). The van der Waals surface area contributed by atoms with Crippen LogP contribution in [0.1, 0.15) is 31.4 Å². The maximum Gasteiger partial charge on any atom is 0.146 e. The van der Waals surface area contributed by atoms with Gasteiger partial charge in [0.25, 0.3) is 0 Å². The molecular formula is C13H19FN2O. The average Bonchev–Trinajstić information content (AvgIpc) is 2.28. The first kappa shape index (κ1) is 12.3. The second-order valence-electron chi connectivity index (χ2n) is 4.74. The minimum atomic E-state index is -0.351.